The molecule has 1 aromatic heterocycles. The van der Waals surface area contributed by atoms with Gasteiger partial charge >= 0.3 is 0 Å². The fraction of sp³-hybridized carbons (Fsp3) is 0.278. The molecule has 0 radical (unpaired) electrons. The lowest BCUT2D eigenvalue weighted by molar-refractivity contribution is 1.14. The van der Waals surface area contributed by atoms with Gasteiger partial charge < -0.3 is 0 Å². The smallest absolute Gasteiger partial charge is 0.151 e. The van der Waals surface area contributed by atoms with Crippen molar-refractivity contribution in [3.05, 3.63) is 56.6 Å². The topological polar surface area (TPSA) is 12.9 Å². The predicted octanol–water partition coefficient (Wildman–Crippen LogP) is 6.58. The third kappa shape index (κ3) is 2.84. The summed E-state index contributed by atoms with van der Waals surface area (Å²) in [5.74, 6) is 0.979. The van der Waals surface area contributed by atoms with Crippen LogP contribution in [0.15, 0.2) is 33.1 Å². The lowest BCUT2D eigenvalue weighted by atomic mass is 9.95. The van der Waals surface area contributed by atoms with Crippen LogP contribution in [0, 0.1) is 27.7 Å². The maximum absolute atomic E-state index is 4.72. The number of hydrogen-bond donors (Lipinski definition) is 0. The van der Waals surface area contributed by atoms with Crippen molar-refractivity contribution in [2.75, 3.05) is 0 Å². The van der Waals surface area contributed by atoms with E-state index in [2.05, 4.69) is 61.8 Å². The number of para-hydroxylation sites is 1. The molecule has 0 bridgehead atoms. The third-order valence-electron chi connectivity index (χ3n) is 4.30. The summed E-state index contributed by atoms with van der Waals surface area (Å²) in [6.45, 7) is 8.83. The van der Waals surface area contributed by atoms with Crippen LogP contribution in [0.25, 0.3) is 10.2 Å². The molecule has 2 aromatic carbocycles. The van der Waals surface area contributed by atoms with Crippen molar-refractivity contribution >= 4 is 49.2 Å². The Hall–Kier alpha value is -0.840. The standard InChI is InChI=1S/C18H18BrNS2/c1-10-12(3)17(19)13(4)11(2)14(10)9-21-18-20-15-7-5-6-8-16(15)22-18/h5-8H,9H2,1-4H3. The number of rotatable bonds is 3. The Morgan fingerprint density at radius 1 is 1.00 bits per heavy atom. The second-order valence-corrected chi connectivity index (χ2v) is 8.57. The van der Waals surface area contributed by atoms with Crippen molar-refractivity contribution in [3.8, 4) is 0 Å². The maximum atomic E-state index is 4.72. The van der Waals surface area contributed by atoms with E-state index in [1.54, 1.807) is 11.3 Å². The summed E-state index contributed by atoms with van der Waals surface area (Å²) in [5.41, 5.74) is 8.03. The molecular formula is C18H18BrNS2. The second kappa shape index (κ2) is 6.34. The summed E-state index contributed by atoms with van der Waals surface area (Å²) in [6, 6.07) is 8.35. The largest absolute Gasteiger partial charge is 0.230 e. The van der Waals surface area contributed by atoms with Gasteiger partial charge in [-0.1, -0.05) is 39.8 Å². The molecule has 1 nitrogen and oxygen atoms in total. The molecule has 4 heteroatoms. The van der Waals surface area contributed by atoms with Crippen LogP contribution in [0.3, 0.4) is 0 Å². The number of thioether (sulfide) groups is 1. The molecular weight excluding hydrogens is 374 g/mol. The molecule has 0 aliphatic heterocycles. The van der Waals surface area contributed by atoms with Crippen LogP contribution in [-0.4, -0.2) is 4.98 Å². The predicted molar refractivity (Wildman–Crippen MR) is 102 cm³/mol. The van der Waals surface area contributed by atoms with E-state index in [0.29, 0.717) is 0 Å². The van der Waals surface area contributed by atoms with E-state index in [1.807, 2.05) is 17.8 Å². The van der Waals surface area contributed by atoms with E-state index in [4.69, 9.17) is 4.98 Å². The summed E-state index contributed by atoms with van der Waals surface area (Å²) in [6.07, 6.45) is 0. The monoisotopic (exact) mass is 391 g/mol. The van der Waals surface area contributed by atoms with Crippen molar-refractivity contribution in [2.24, 2.45) is 0 Å². The van der Waals surface area contributed by atoms with E-state index in [0.717, 1.165) is 15.6 Å². The van der Waals surface area contributed by atoms with Crippen LogP contribution >= 0.6 is 39.0 Å². The van der Waals surface area contributed by atoms with Gasteiger partial charge in [0.15, 0.2) is 4.34 Å². The Labute approximate surface area is 148 Å². The van der Waals surface area contributed by atoms with Gasteiger partial charge in [-0.05, 0) is 67.6 Å². The molecule has 0 aliphatic carbocycles. The number of halogens is 1. The first-order valence-corrected chi connectivity index (χ1v) is 9.81. The SMILES string of the molecule is Cc1c(C)c(CSc2nc3ccccc3s2)c(C)c(C)c1Br. The first kappa shape index (κ1) is 16.0. The molecule has 0 fully saturated rings. The molecule has 22 heavy (non-hydrogen) atoms. The zero-order valence-corrected chi connectivity index (χ0v) is 16.4. The van der Waals surface area contributed by atoms with E-state index >= 15 is 0 Å². The third-order valence-corrected chi connectivity index (χ3v) is 7.70. The average Bonchev–Trinajstić information content (AvgIpc) is 2.94. The lowest BCUT2D eigenvalue weighted by Gasteiger charge is -2.17. The fourth-order valence-electron chi connectivity index (χ4n) is 2.61. The molecule has 3 aromatic rings. The Morgan fingerprint density at radius 2 is 1.64 bits per heavy atom. The summed E-state index contributed by atoms with van der Waals surface area (Å²) in [5, 5.41) is 0. The minimum absolute atomic E-state index is 0.979. The van der Waals surface area contributed by atoms with Gasteiger partial charge in [0.1, 0.15) is 0 Å². The van der Waals surface area contributed by atoms with Gasteiger partial charge in [0.25, 0.3) is 0 Å². The van der Waals surface area contributed by atoms with Crippen molar-refractivity contribution in [1.82, 2.24) is 4.98 Å². The Balaban J connectivity index is 1.90. The van der Waals surface area contributed by atoms with Gasteiger partial charge in [-0.3, -0.25) is 0 Å². The summed E-state index contributed by atoms with van der Waals surface area (Å²) >= 11 is 7.34. The summed E-state index contributed by atoms with van der Waals surface area (Å²) < 4.78 is 3.66. The van der Waals surface area contributed by atoms with Gasteiger partial charge in [-0.25, -0.2) is 4.98 Å². The molecule has 0 saturated carbocycles. The number of nitrogens with zero attached hydrogens (tertiary/aromatic N) is 1. The first-order valence-electron chi connectivity index (χ1n) is 7.22. The Kier molecular flexibility index (Phi) is 4.62. The molecule has 0 aliphatic rings. The van der Waals surface area contributed by atoms with Crippen molar-refractivity contribution < 1.29 is 0 Å². The van der Waals surface area contributed by atoms with Gasteiger partial charge in [0.2, 0.25) is 0 Å². The molecule has 3 rings (SSSR count). The van der Waals surface area contributed by atoms with Gasteiger partial charge in [-0.2, -0.15) is 0 Å². The summed E-state index contributed by atoms with van der Waals surface area (Å²) in [7, 11) is 0. The van der Waals surface area contributed by atoms with Crippen LogP contribution in [-0.2, 0) is 5.75 Å². The highest BCUT2D eigenvalue weighted by molar-refractivity contribution is 9.10. The highest BCUT2D eigenvalue weighted by Gasteiger charge is 2.14. The summed E-state index contributed by atoms with van der Waals surface area (Å²) in [4.78, 5) is 4.72. The normalized spacial score (nSPS) is 11.3. The highest BCUT2D eigenvalue weighted by Crippen LogP contribution is 2.36. The fourth-order valence-corrected chi connectivity index (χ4v) is 5.44. The number of benzene rings is 2. The van der Waals surface area contributed by atoms with Crippen molar-refractivity contribution in [1.29, 1.82) is 0 Å². The van der Waals surface area contributed by atoms with Crippen molar-refractivity contribution in [3.63, 3.8) is 0 Å². The number of thiazole rings is 1. The second-order valence-electron chi connectivity index (χ2n) is 5.53. The molecule has 0 amide bonds. The van der Waals surface area contributed by atoms with Crippen LogP contribution in [0.4, 0.5) is 0 Å². The van der Waals surface area contributed by atoms with Crippen LogP contribution in [0.1, 0.15) is 27.8 Å². The average molecular weight is 392 g/mol. The lowest BCUT2D eigenvalue weighted by Crippen LogP contribution is -1.99. The molecule has 0 unspecified atom stereocenters. The molecule has 0 N–H and O–H groups in total. The quantitative estimate of drug-likeness (QED) is 0.467. The van der Waals surface area contributed by atoms with Crippen LogP contribution in [0.5, 0.6) is 0 Å². The van der Waals surface area contributed by atoms with Crippen LogP contribution in [0.2, 0.25) is 0 Å². The van der Waals surface area contributed by atoms with E-state index in [9.17, 15) is 0 Å². The minimum Gasteiger partial charge on any atom is -0.230 e. The van der Waals surface area contributed by atoms with E-state index in [1.165, 1.54) is 37.0 Å². The number of hydrogen-bond acceptors (Lipinski definition) is 3. The van der Waals surface area contributed by atoms with E-state index < -0.39 is 0 Å². The molecule has 0 spiro atoms. The number of aromatic nitrogens is 1. The maximum Gasteiger partial charge on any atom is 0.151 e. The van der Waals surface area contributed by atoms with Crippen LogP contribution < -0.4 is 0 Å². The number of fused-ring (bicyclic) bond motifs is 1. The Bertz CT molecular complexity index is 790. The minimum atomic E-state index is 0.979. The van der Waals surface area contributed by atoms with Gasteiger partial charge in [-0.15, -0.1) is 11.3 Å². The zero-order valence-electron chi connectivity index (χ0n) is 13.2. The molecule has 114 valence electrons. The van der Waals surface area contributed by atoms with Gasteiger partial charge in [0.05, 0.1) is 10.2 Å². The molecule has 0 saturated heterocycles. The van der Waals surface area contributed by atoms with E-state index in [-0.39, 0.29) is 0 Å². The van der Waals surface area contributed by atoms with Crippen molar-refractivity contribution in [2.45, 2.75) is 37.8 Å². The van der Waals surface area contributed by atoms with Gasteiger partial charge in [0, 0.05) is 10.2 Å². The molecule has 1 heterocycles. The first-order chi connectivity index (χ1) is 10.5. The molecule has 0 atom stereocenters. The Morgan fingerprint density at radius 3 is 2.27 bits per heavy atom. The highest BCUT2D eigenvalue weighted by atomic mass is 79.9. The zero-order chi connectivity index (χ0) is 15.9.